The van der Waals surface area contributed by atoms with E-state index in [0.29, 0.717) is 0 Å². The van der Waals surface area contributed by atoms with E-state index in [2.05, 4.69) is 20.7 Å². The second-order valence-corrected chi connectivity index (χ2v) is 6.86. The van der Waals surface area contributed by atoms with Crippen LogP contribution in [0.25, 0.3) is 0 Å². The van der Waals surface area contributed by atoms with Gasteiger partial charge in [0, 0.05) is 15.7 Å². The molecule has 0 aliphatic rings. The molecule has 2 aromatic carbocycles. The van der Waals surface area contributed by atoms with Gasteiger partial charge in [-0.3, -0.25) is 9.52 Å². The molecule has 0 spiro atoms. The van der Waals surface area contributed by atoms with Crippen molar-refractivity contribution in [1.29, 1.82) is 0 Å². The molecular weight excluding hydrogens is 366 g/mol. The van der Waals surface area contributed by atoms with Gasteiger partial charge in [0.15, 0.2) is 0 Å². The van der Waals surface area contributed by atoms with Gasteiger partial charge in [-0.15, -0.1) is 0 Å². The maximum absolute atomic E-state index is 12.1. The third kappa shape index (κ3) is 3.59. The first-order chi connectivity index (χ1) is 9.38. The van der Waals surface area contributed by atoms with E-state index in [1.165, 1.54) is 24.3 Å². The lowest BCUT2D eigenvalue weighted by atomic mass is 10.2. The molecule has 0 amide bonds. The van der Waals surface area contributed by atoms with Crippen LogP contribution in [0.3, 0.4) is 0 Å². The zero-order valence-electron chi connectivity index (χ0n) is 10.0. The van der Waals surface area contributed by atoms with Crippen LogP contribution in [-0.2, 0) is 10.0 Å². The maximum atomic E-state index is 12.1. The van der Waals surface area contributed by atoms with Crippen molar-refractivity contribution in [2.45, 2.75) is 4.90 Å². The molecule has 20 heavy (non-hydrogen) atoms. The fraction of sp³-hybridized carbons (Fsp3) is 0. The van der Waals surface area contributed by atoms with Gasteiger partial charge in [-0.25, -0.2) is 8.42 Å². The Morgan fingerprint density at radius 3 is 2.35 bits per heavy atom. The van der Waals surface area contributed by atoms with Crippen LogP contribution in [0.2, 0.25) is 0 Å². The molecule has 0 bridgehead atoms. The molecule has 0 saturated heterocycles. The molecule has 7 heteroatoms. The molecular formula is C13H9BrClNO3S. The predicted molar refractivity (Wildman–Crippen MR) is 81.6 cm³/mol. The van der Waals surface area contributed by atoms with Gasteiger partial charge >= 0.3 is 0 Å². The molecule has 0 unspecified atom stereocenters. The lowest BCUT2D eigenvalue weighted by molar-refractivity contribution is 0.108. The van der Waals surface area contributed by atoms with Crippen LogP contribution < -0.4 is 4.72 Å². The van der Waals surface area contributed by atoms with Gasteiger partial charge in [0.2, 0.25) is 0 Å². The number of nitrogens with one attached hydrogen (secondary N) is 1. The zero-order valence-corrected chi connectivity index (χ0v) is 13.2. The Labute approximate surface area is 129 Å². The SMILES string of the molecule is O=C(Cl)c1cccc(NS(=O)(=O)c2ccc(Br)cc2)c1. The summed E-state index contributed by atoms with van der Waals surface area (Å²) in [5.41, 5.74) is 0.502. The summed E-state index contributed by atoms with van der Waals surface area (Å²) < 4.78 is 27.5. The molecule has 0 radical (unpaired) electrons. The van der Waals surface area contributed by atoms with Gasteiger partial charge in [0.05, 0.1) is 4.90 Å². The van der Waals surface area contributed by atoms with E-state index in [1.807, 2.05) is 0 Å². The quantitative estimate of drug-likeness (QED) is 0.831. The van der Waals surface area contributed by atoms with Gasteiger partial charge in [0.1, 0.15) is 0 Å². The molecule has 104 valence electrons. The van der Waals surface area contributed by atoms with Gasteiger partial charge < -0.3 is 0 Å². The molecule has 0 aromatic heterocycles. The van der Waals surface area contributed by atoms with Crippen molar-refractivity contribution >= 4 is 48.5 Å². The Hall–Kier alpha value is -1.37. The summed E-state index contributed by atoms with van der Waals surface area (Å²) in [5, 5.41) is -0.644. The Morgan fingerprint density at radius 2 is 1.75 bits per heavy atom. The highest BCUT2D eigenvalue weighted by Crippen LogP contribution is 2.19. The standard InChI is InChI=1S/C13H9BrClNO3S/c14-10-4-6-12(7-5-10)20(18,19)16-11-3-1-2-9(8-11)13(15)17/h1-8,16H. The lowest BCUT2D eigenvalue weighted by Crippen LogP contribution is -2.13. The van der Waals surface area contributed by atoms with Gasteiger partial charge in [0.25, 0.3) is 15.3 Å². The van der Waals surface area contributed by atoms with Crippen molar-refractivity contribution in [3.63, 3.8) is 0 Å². The molecule has 0 fully saturated rings. The fourth-order valence-electron chi connectivity index (χ4n) is 1.53. The number of anilines is 1. The van der Waals surface area contributed by atoms with Gasteiger partial charge in [-0.1, -0.05) is 22.0 Å². The minimum atomic E-state index is -3.70. The van der Waals surface area contributed by atoms with E-state index >= 15 is 0 Å². The van der Waals surface area contributed by atoms with Crippen LogP contribution in [0.15, 0.2) is 57.9 Å². The summed E-state index contributed by atoms with van der Waals surface area (Å²) in [5.74, 6) is 0. The highest BCUT2D eigenvalue weighted by molar-refractivity contribution is 9.10. The smallest absolute Gasteiger partial charge is 0.261 e. The summed E-state index contributed by atoms with van der Waals surface area (Å²) in [6.45, 7) is 0. The molecule has 0 atom stereocenters. The Bertz CT molecular complexity index is 744. The second-order valence-electron chi connectivity index (χ2n) is 3.91. The van der Waals surface area contributed by atoms with E-state index in [9.17, 15) is 13.2 Å². The number of carbonyl (C=O) groups excluding carboxylic acids is 1. The van der Waals surface area contributed by atoms with E-state index in [4.69, 9.17) is 11.6 Å². The summed E-state index contributed by atoms with van der Waals surface area (Å²) in [4.78, 5) is 11.2. The van der Waals surface area contributed by atoms with Crippen LogP contribution in [0.1, 0.15) is 10.4 Å². The minimum Gasteiger partial charge on any atom is -0.280 e. The van der Waals surface area contributed by atoms with Crippen molar-refractivity contribution in [2.75, 3.05) is 4.72 Å². The first-order valence-electron chi connectivity index (χ1n) is 5.47. The van der Waals surface area contributed by atoms with Crippen molar-refractivity contribution in [1.82, 2.24) is 0 Å². The van der Waals surface area contributed by atoms with Gasteiger partial charge in [-0.05, 0) is 54.1 Å². The molecule has 0 aliphatic heterocycles. The predicted octanol–water partition coefficient (Wildman–Crippen LogP) is 3.63. The number of carbonyl (C=O) groups is 1. The minimum absolute atomic E-state index is 0.128. The molecule has 1 N–H and O–H groups in total. The molecule has 0 aliphatic carbocycles. The topological polar surface area (TPSA) is 63.2 Å². The first-order valence-corrected chi connectivity index (χ1v) is 8.12. The summed E-state index contributed by atoms with van der Waals surface area (Å²) in [6, 6.07) is 12.2. The van der Waals surface area contributed by atoms with Gasteiger partial charge in [-0.2, -0.15) is 0 Å². The number of benzene rings is 2. The van der Waals surface area contributed by atoms with Crippen molar-refractivity contribution < 1.29 is 13.2 Å². The Kier molecular flexibility index (Phi) is 4.47. The Balaban J connectivity index is 2.31. The first kappa shape index (κ1) is 15.0. The van der Waals surface area contributed by atoms with Crippen molar-refractivity contribution in [3.05, 3.63) is 58.6 Å². The largest absolute Gasteiger partial charge is 0.280 e. The molecule has 2 aromatic rings. The summed E-state index contributed by atoms with van der Waals surface area (Å²) in [6.07, 6.45) is 0. The molecule has 0 saturated carbocycles. The van der Waals surface area contributed by atoms with E-state index in [1.54, 1.807) is 24.3 Å². The third-order valence-corrected chi connectivity index (χ3v) is 4.61. The monoisotopic (exact) mass is 373 g/mol. The zero-order chi connectivity index (χ0) is 14.8. The average Bonchev–Trinajstić information content (AvgIpc) is 2.39. The summed E-state index contributed by atoms with van der Waals surface area (Å²) in [7, 11) is -3.70. The number of hydrogen-bond acceptors (Lipinski definition) is 3. The van der Waals surface area contributed by atoms with Crippen LogP contribution in [0.5, 0.6) is 0 Å². The van der Waals surface area contributed by atoms with E-state index < -0.39 is 15.3 Å². The highest BCUT2D eigenvalue weighted by Gasteiger charge is 2.14. The van der Waals surface area contributed by atoms with Crippen LogP contribution >= 0.6 is 27.5 Å². The van der Waals surface area contributed by atoms with E-state index in [0.717, 1.165) is 4.47 Å². The maximum Gasteiger partial charge on any atom is 0.261 e. The molecule has 0 heterocycles. The van der Waals surface area contributed by atoms with Crippen LogP contribution in [-0.4, -0.2) is 13.7 Å². The van der Waals surface area contributed by atoms with E-state index in [-0.39, 0.29) is 16.1 Å². The Morgan fingerprint density at radius 1 is 1.10 bits per heavy atom. The number of halogens is 2. The second kappa shape index (κ2) is 5.95. The number of hydrogen-bond donors (Lipinski definition) is 1. The normalized spacial score (nSPS) is 11.1. The highest BCUT2D eigenvalue weighted by atomic mass is 79.9. The lowest BCUT2D eigenvalue weighted by Gasteiger charge is -2.08. The third-order valence-electron chi connectivity index (χ3n) is 2.47. The van der Waals surface area contributed by atoms with Crippen molar-refractivity contribution in [2.24, 2.45) is 0 Å². The van der Waals surface area contributed by atoms with Crippen LogP contribution in [0, 0.1) is 0 Å². The average molecular weight is 375 g/mol. The van der Waals surface area contributed by atoms with Crippen molar-refractivity contribution in [3.8, 4) is 0 Å². The molecule has 4 nitrogen and oxygen atoms in total. The summed E-state index contributed by atoms with van der Waals surface area (Å²) >= 11 is 8.60. The number of sulfonamides is 1. The fourth-order valence-corrected chi connectivity index (χ4v) is 2.96. The van der Waals surface area contributed by atoms with Crippen LogP contribution in [0.4, 0.5) is 5.69 Å². The number of rotatable bonds is 4. The molecule has 2 rings (SSSR count).